The average molecular weight is 341 g/mol. The predicted octanol–water partition coefficient (Wildman–Crippen LogP) is 1.81. The van der Waals surface area contributed by atoms with Gasteiger partial charge in [-0.15, -0.1) is 5.10 Å². The van der Waals surface area contributed by atoms with Gasteiger partial charge in [0.25, 0.3) is 5.91 Å². The molecule has 0 aliphatic heterocycles. The zero-order valence-corrected chi connectivity index (χ0v) is 12.2. The summed E-state index contributed by atoms with van der Waals surface area (Å²) in [4.78, 5) is 17.6. The van der Waals surface area contributed by atoms with Crippen molar-refractivity contribution in [2.75, 3.05) is 11.9 Å². The molecular formula is C13H10F3N5O3. The third-order valence-electron chi connectivity index (χ3n) is 2.96. The lowest BCUT2D eigenvalue weighted by Gasteiger charge is -2.07. The van der Waals surface area contributed by atoms with Crippen molar-refractivity contribution < 1.29 is 27.3 Å². The molecule has 24 heavy (non-hydrogen) atoms. The summed E-state index contributed by atoms with van der Waals surface area (Å²) in [5.74, 6) is 0.121. The number of halogens is 3. The minimum absolute atomic E-state index is 0.00472. The smallest absolute Gasteiger partial charge is 0.385 e. The van der Waals surface area contributed by atoms with Crippen molar-refractivity contribution in [1.29, 1.82) is 0 Å². The molecule has 1 N–H and O–H groups in total. The topological polar surface area (TPSA) is 95.1 Å². The van der Waals surface area contributed by atoms with E-state index >= 15 is 0 Å². The third-order valence-corrected chi connectivity index (χ3v) is 2.96. The molecule has 2 aromatic heterocycles. The van der Waals surface area contributed by atoms with Crippen LogP contribution in [0.2, 0.25) is 0 Å². The van der Waals surface area contributed by atoms with Crippen molar-refractivity contribution in [2.45, 2.75) is 13.1 Å². The number of alkyl halides is 3. The molecule has 3 rings (SSSR count). The summed E-state index contributed by atoms with van der Waals surface area (Å²) in [6.45, 7) is 1.15. The minimum Gasteiger partial charge on any atom is -0.385 e. The highest BCUT2D eigenvalue weighted by Crippen LogP contribution is 2.30. The Labute approximate surface area is 132 Å². The number of aromatic nitrogens is 4. The first-order valence-corrected chi connectivity index (χ1v) is 6.62. The standard InChI is InChI=1S/C13H10F3N5O3/c1-7-4-11(19-24-7)17-12(22)6-23-21-10-5-8(13(14,15)16)2-3-9(10)18-20-21/h2-5H,6H2,1H3,(H,17,19,22). The number of hydrogen-bond acceptors (Lipinski definition) is 6. The monoisotopic (exact) mass is 341 g/mol. The second-order valence-electron chi connectivity index (χ2n) is 4.81. The van der Waals surface area contributed by atoms with Crippen LogP contribution in [0.15, 0.2) is 28.8 Å². The summed E-state index contributed by atoms with van der Waals surface area (Å²) < 4.78 is 43.0. The van der Waals surface area contributed by atoms with E-state index < -0.39 is 24.3 Å². The summed E-state index contributed by atoms with van der Waals surface area (Å²) in [6.07, 6.45) is -4.51. The van der Waals surface area contributed by atoms with Crippen LogP contribution in [0.5, 0.6) is 0 Å². The lowest BCUT2D eigenvalue weighted by Crippen LogP contribution is -2.26. The molecule has 0 bridgehead atoms. The zero-order valence-electron chi connectivity index (χ0n) is 12.2. The summed E-state index contributed by atoms with van der Waals surface area (Å²) in [5, 5.41) is 13.2. The number of nitrogens with one attached hydrogen (secondary N) is 1. The fraction of sp³-hybridized carbons (Fsp3) is 0.231. The quantitative estimate of drug-likeness (QED) is 0.778. The zero-order chi connectivity index (χ0) is 17.3. The summed E-state index contributed by atoms with van der Waals surface area (Å²) in [5.41, 5.74) is -0.671. The maximum absolute atomic E-state index is 12.7. The molecule has 0 aliphatic rings. The number of amides is 1. The van der Waals surface area contributed by atoms with E-state index in [2.05, 4.69) is 20.8 Å². The SMILES string of the molecule is Cc1cc(NC(=O)COn2nnc3ccc(C(F)(F)F)cc32)no1. The molecule has 0 radical (unpaired) electrons. The van der Waals surface area contributed by atoms with Crippen LogP contribution in [0.4, 0.5) is 19.0 Å². The van der Waals surface area contributed by atoms with Crippen LogP contribution in [-0.4, -0.2) is 32.8 Å². The number of rotatable bonds is 4. The second kappa shape index (κ2) is 5.83. The van der Waals surface area contributed by atoms with E-state index in [-0.39, 0.29) is 16.9 Å². The Balaban J connectivity index is 1.71. The molecule has 0 atom stereocenters. The summed E-state index contributed by atoms with van der Waals surface area (Å²) in [6, 6.07) is 4.40. The number of benzene rings is 1. The van der Waals surface area contributed by atoms with E-state index in [1.165, 1.54) is 12.1 Å². The van der Waals surface area contributed by atoms with E-state index in [4.69, 9.17) is 9.36 Å². The molecule has 11 heteroatoms. The molecule has 2 heterocycles. The minimum atomic E-state index is -4.51. The Bertz CT molecular complexity index is 886. The van der Waals surface area contributed by atoms with Gasteiger partial charge in [0, 0.05) is 6.07 Å². The highest BCUT2D eigenvalue weighted by atomic mass is 19.4. The van der Waals surface area contributed by atoms with Crippen molar-refractivity contribution >= 4 is 22.8 Å². The Kier molecular flexibility index (Phi) is 3.83. The van der Waals surface area contributed by atoms with E-state index in [9.17, 15) is 18.0 Å². The summed E-state index contributed by atoms with van der Waals surface area (Å²) >= 11 is 0. The van der Waals surface area contributed by atoms with Gasteiger partial charge in [-0.05, 0) is 30.3 Å². The lowest BCUT2D eigenvalue weighted by atomic mass is 10.2. The molecule has 0 unspecified atom stereocenters. The van der Waals surface area contributed by atoms with Gasteiger partial charge in [-0.1, -0.05) is 10.0 Å². The van der Waals surface area contributed by atoms with Crippen molar-refractivity contribution in [3.8, 4) is 0 Å². The van der Waals surface area contributed by atoms with Gasteiger partial charge in [0.1, 0.15) is 16.8 Å². The van der Waals surface area contributed by atoms with Crippen LogP contribution in [0.3, 0.4) is 0 Å². The largest absolute Gasteiger partial charge is 0.416 e. The number of hydrogen-bond donors (Lipinski definition) is 1. The fourth-order valence-electron chi connectivity index (χ4n) is 1.89. The molecule has 3 aromatic rings. The van der Waals surface area contributed by atoms with Crippen LogP contribution in [0.1, 0.15) is 11.3 Å². The van der Waals surface area contributed by atoms with Crippen molar-refractivity contribution in [3.05, 3.63) is 35.6 Å². The van der Waals surface area contributed by atoms with Gasteiger partial charge >= 0.3 is 6.18 Å². The first-order valence-electron chi connectivity index (χ1n) is 6.62. The average Bonchev–Trinajstić information content (AvgIpc) is 3.10. The number of anilines is 1. The van der Waals surface area contributed by atoms with Crippen LogP contribution >= 0.6 is 0 Å². The van der Waals surface area contributed by atoms with Crippen LogP contribution in [-0.2, 0) is 11.0 Å². The molecule has 0 aliphatic carbocycles. The Morgan fingerprint density at radius 1 is 1.38 bits per heavy atom. The number of carbonyl (C=O) groups is 1. The molecule has 126 valence electrons. The van der Waals surface area contributed by atoms with Gasteiger partial charge in [0.15, 0.2) is 12.4 Å². The van der Waals surface area contributed by atoms with E-state index in [0.717, 1.165) is 17.0 Å². The van der Waals surface area contributed by atoms with Crippen LogP contribution < -0.4 is 10.2 Å². The van der Waals surface area contributed by atoms with Crippen molar-refractivity contribution in [2.24, 2.45) is 0 Å². The second-order valence-corrected chi connectivity index (χ2v) is 4.81. The molecule has 8 nitrogen and oxygen atoms in total. The molecular weight excluding hydrogens is 331 g/mol. The molecule has 0 saturated carbocycles. The Morgan fingerprint density at radius 3 is 2.83 bits per heavy atom. The van der Waals surface area contributed by atoms with E-state index in [0.29, 0.717) is 5.76 Å². The molecule has 0 fully saturated rings. The maximum Gasteiger partial charge on any atom is 0.416 e. The lowest BCUT2D eigenvalue weighted by molar-refractivity contribution is -0.137. The van der Waals surface area contributed by atoms with Gasteiger partial charge in [0.05, 0.1) is 5.56 Å². The highest BCUT2D eigenvalue weighted by molar-refractivity contribution is 5.90. The van der Waals surface area contributed by atoms with Gasteiger partial charge in [0.2, 0.25) is 0 Å². The van der Waals surface area contributed by atoms with Gasteiger partial charge < -0.3 is 14.7 Å². The maximum atomic E-state index is 12.7. The number of carbonyl (C=O) groups excluding carboxylic acids is 1. The highest BCUT2D eigenvalue weighted by Gasteiger charge is 2.31. The number of aryl methyl sites for hydroxylation is 1. The van der Waals surface area contributed by atoms with Crippen molar-refractivity contribution in [1.82, 2.24) is 20.3 Å². The summed E-state index contributed by atoms with van der Waals surface area (Å²) in [7, 11) is 0. The normalized spacial score (nSPS) is 11.7. The van der Waals surface area contributed by atoms with Crippen molar-refractivity contribution in [3.63, 3.8) is 0 Å². The van der Waals surface area contributed by atoms with Gasteiger partial charge in [-0.25, -0.2) is 0 Å². The fourth-order valence-corrected chi connectivity index (χ4v) is 1.89. The number of fused-ring (bicyclic) bond motifs is 1. The Hall–Kier alpha value is -3.11. The predicted molar refractivity (Wildman–Crippen MR) is 73.8 cm³/mol. The number of nitrogens with zero attached hydrogens (tertiary/aromatic N) is 4. The molecule has 0 saturated heterocycles. The van der Waals surface area contributed by atoms with Gasteiger partial charge in [-0.2, -0.15) is 13.2 Å². The van der Waals surface area contributed by atoms with Crippen LogP contribution in [0, 0.1) is 6.92 Å². The molecule has 1 amide bonds. The van der Waals surface area contributed by atoms with Crippen LogP contribution in [0.25, 0.3) is 11.0 Å². The first kappa shape index (κ1) is 15.8. The van der Waals surface area contributed by atoms with E-state index in [1.807, 2.05) is 0 Å². The molecule has 1 aromatic carbocycles. The molecule has 0 spiro atoms. The third kappa shape index (κ3) is 3.29. The Morgan fingerprint density at radius 2 is 2.17 bits per heavy atom. The van der Waals surface area contributed by atoms with Gasteiger partial charge in [-0.3, -0.25) is 4.79 Å². The van der Waals surface area contributed by atoms with E-state index in [1.54, 1.807) is 6.92 Å². The first-order chi connectivity index (χ1) is 11.3.